The second-order valence-electron chi connectivity index (χ2n) is 8.15. The lowest BCUT2D eigenvalue weighted by atomic mass is 9.87. The zero-order chi connectivity index (χ0) is 23.1. The van der Waals surface area contributed by atoms with Crippen molar-refractivity contribution in [1.82, 2.24) is 10.9 Å². The van der Waals surface area contributed by atoms with Gasteiger partial charge in [-0.1, -0.05) is 39.0 Å². The maximum Gasteiger partial charge on any atom is 0.269 e. The maximum absolute atomic E-state index is 12.5. The van der Waals surface area contributed by atoms with Crippen LogP contribution >= 0.6 is 11.3 Å². The van der Waals surface area contributed by atoms with Crippen molar-refractivity contribution >= 4 is 40.8 Å². The molecule has 0 spiro atoms. The predicted octanol–water partition coefficient (Wildman–Crippen LogP) is 4.77. The van der Waals surface area contributed by atoms with E-state index in [1.807, 2.05) is 29.6 Å². The summed E-state index contributed by atoms with van der Waals surface area (Å²) in [7, 11) is 0. The molecule has 6 nitrogen and oxygen atoms in total. The van der Waals surface area contributed by atoms with E-state index in [1.54, 1.807) is 42.5 Å². The van der Waals surface area contributed by atoms with E-state index in [2.05, 4.69) is 36.9 Å². The first-order valence-electron chi connectivity index (χ1n) is 10.1. The van der Waals surface area contributed by atoms with Crippen molar-refractivity contribution in [2.24, 2.45) is 0 Å². The Morgan fingerprint density at radius 2 is 1.44 bits per heavy atom. The summed E-state index contributed by atoms with van der Waals surface area (Å²) in [5.41, 5.74) is 7.33. The standard InChI is InChI=1S/C25H25N3O3S/c1-25(2,3)19-10-6-17(7-11-19)23(30)26-20-12-8-18(9-13-20)24(31)28-27-22(29)15-14-21-5-4-16-32-21/h4-16H,1-3H3,(H,26,30)(H,27,29)(H,28,31). The van der Waals surface area contributed by atoms with E-state index in [-0.39, 0.29) is 11.3 Å². The highest BCUT2D eigenvalue weighted by Gasteiger charge is 2.14. The smallest absolute Gasteiger partial charge is 0.269 e. The van der Waals surface area contributed by atoms with E-state index >= 15 is 0 Å². The first-order chi connectivity index (χ1) is 15.2. The monoisotopic (exact) mass is 447 g/mol. The fourth-order valence-corrected chi connectivity index (χ4v) is 3.42. The van der Waals surface area contributed by atoms with Gasteiger partial charge in [-0.2, -0.15) is 0 Å². The summed E-state index contributed by atoms with van der Waals surface area (Å²) in [4.78, 5) is 37.4. The number of benzene rings is 2. The summed E-state index contributed by atoms with van der Waals surface area (Å²) in [5.74, 6) is -1.13. The van der Waals surface area contributed by atoms with Gasteiger partial charge in [0.2, 0.25) is 0 Å². The molecule has 0 aliphatic heterocycles. The van der Waals surface area contributed by atoms with Crippen LogP contribution in [-0.4, -0.2) is 17.7 Å². The molecule has 164 valence electrons. The number of rotatable bonds is 5. The fourth-order valence-electron chi connectivity index (χ4n) is 2.81. The predicted molar refractivity (Wildman–Crippen MR) is 128 cm³/mol. The molecular formula is C25H25N3O3S. The number of carbonyl (C=O) groups excluding carboxylic acids is 3. The number of amides is 3. The molecule has 0 saturated heterocycles. The summed E-state index contributed by atoms with van der Waals surface area (Å²) in [5, 5.41) is 4.73. The van der Waals surface area contributed by atoms with Crippen LogP contribution in [0.15, 0.2) is 72.1 Å². The van der Waals surface area contributed by atoms with Crippen molar-refractivity contribution < 1.29 is 14.4 Å². The van der Waals surface area contributed by atoms with Crippen LogP contribution in [0.5, 0.6) is 0 Å². The highest BCUT2D eigenvalue weighted by atomic mass is 32.1. The minimum absolute atomic E-state index is 0.0191. The first kappa shape index (κ1) is 23.0. The van der Waals surface area contributed by atoms with E-state index in [4.69, 9.17) is 0 Å². The van der Waals surface area contributed by atoms with Crippen molar-refractivity contribution in [3.63, 3.8) is 0 Å². The summed E-state index contributed by atoms with van der Waals surface area (Å²) >= 11 is 1.51. The molecule has 0 aliphatic rings. The number of nitrogens with one attached hydrogen (secondary N) is 3. The maximum atomic E-state index is 12.5. The van der Waals surface area contributed by atoms with Gasteiger partial charge in [0.05, 0.1) is 0 Å². The second kappa shape index (κ2) is 10.1. The van der Waals surface area contributed by atoms with Crippen molar-refractivity contribution in [1.29, 1.82) is 0 Å². The van der Waals surface area contributed by atoms with Gasteiger partial charge in [-0.15, -0.1) is 11.3 Å². The number of thiophene rings is 1. The Kier molecular flexibility index (Phi) is 7.22. The van der Waals surface area contributed by atoms with Crippen LogP contribution in [0.25, 0.3) is 6.08 Å². The van der Waals surface area contributed by atoms with E-state index in [1.165, 1.54) is 17.4 Å². The second-order valence-corrected chi connectivity index (χ2v) is 9.13. The average molecular weight is 448 g/mol. The van der Waals surface area contributed by atoms with Gasteiger partial charge in [0.1, 0.15) is 0 Å². The lowest BCUT2D eigenvalue weighted by Crippen LogP contribution is -2.40. The Hall–Kier alpha value is -3.71. The highest BCUT2D eigenvalue weighted by Crippen LogP contribution is 2.22. The lowest BCUT2D eigenvalue weighted by Gasteiger charge is -2.19. The molecule has 0 saturated carbocycles. The first-order valence-corrected chi connectivity index (χ1v) is 10.9. The molecule has 3 N–H and O–H groups in total. The van der Waals surface area contributed by atoms with Gasteiger partial charge in [0.25, 0.3) is 17.7 Å². The van der Waals surface area contributed by atoms with E-state index in [0.717, 1.165) is 10.4 Å². The Morgan fingerprint density at radius 1 is 0.812 bits per heavy atom. The van der Waals surface area contributed by atoms with Gasteiger partial charge in [-0.25, -0.2) is 0 Å². The topological polar surface area (TPSA) is 87.3 Å². The summed E-state index contributed by atoms with van der Waals surface area (Å²) < 4.78 is 0. The summed E-state index contributed by atoms with van der Waals surface area (Å²) in [6, 6.07) is 17.7. The Labute approximate surface area is 191 Å². The Bertz CT molecular complexity index is 1110. The molecule has 0 atom stereocenters. The SMILES string of the molecule is CC(C)(C)c1ccc(C(=O)Nc2ccc(C(=O)NNC(=O)C=Cc3cccs3)cc2)cc1. The van der Waals surface area contributed by atoms with E-state index < -0.39 is 11.8 Å². The molecular weight excluding hydrogens is 422 g/mol. The zero-order valence-corrected chi connectivity index (χ0v) is 19.0. The van der Waals surface area contributed by atoms with Gasteiger partial charge in [0.15, 0.2) is 0 Å². The largest absolute Gasteiger partial charge is 0.322 e. The van der Waals surface area contributed by atoms with Gasteiger partial charge in [0, 0.05) is 27.8 Å². The third-order valence-corrected chi connectivity index (χ3v) is 5.50. The number of carbonyl (C=O) groups is 3. The quantitative estimate of drug-likeness (QED) is 0.389. The molecule has 7 heteroatoms. The third-order valence-electron chi connectivity index (χ3n) is 4.66. The minimum Gasteiger partial charge on any atom is -0.322 e. The van der Waals surface area contributed by atoms with E-state index in [0.29, 0.717) is 16.8 Å². The number of hydrogen-bond donors (Lipinski definition) is 3. The van der Waals surface area contributed by atoms with Crippen LogP contribution in [0.1, 0.15) is 51.9 Å². The molecule has 3 rings (SSSR count). The molecule has 0 radical (unpaired) electrons. The zero-order valence-electron chi connectivity index (χ0n) is 18.1. The van der Waals surface area contributed by atoms with Gasteiger partial charge in [-0.3, -0.25) is 25.2 Å². The number of hydrazine groups is 1. The molecule has 0 bridgehead atoms. The summed E-state index contributed by atoms with van der Waals surface area (Å²) in [6.45, 7) is 6.35. The van der Waals surface area contributed by atoms with Crippen LogP contribution < -0.4 is 16.2 Å². The molecule has 3 amide bonds. The molecule has 3 aromatic rings. The minimum atomic E-state index is -0.460. The number of hydrogen-bond acceptors (Lipinski definition) is 4. The average Bonchev–Trinajstić information content (AvgIpc) is 3.30. The molecule has 0 aliphatic carbocycles. The molecule has 32 heavy (non-hydrogen) atoms. The van der Waals surface area contributed by atoms with Crippen LogP contribution in [0.2, 0.25) is 0 Å². The lowest BCUT2D eigenvalue weighted by molar-refractivity contribution is -0.117. The van der Waals surface area contributed by atoms with Gasteiger partial charge >= 0.3 is 0 Å². The Balaban J connectivity index is 1.52. The normalized spacial score (nSPS) is 11.2. The molecule has 2 aromatic carbocycles. The fraction of sp³-hybridized carbons (Fsp3) is 0.160. The van der Waals surface area contributed by atoms with Crippen LogP contribution in [-0.2, 0) is 10.2 Å². The van der Waals surface area contributed by atoms with Crippen molar-refractivity contribution in [2.75, 3.05) is 5.32 Å². The third kappa shape index (κ3) is 6.39. The van der Waals surface area contributed by atoms with Crippen LogP contribution in [0.4, 0.5) is 5.69 Å². The van der Waals surface area contributed by atoms with Crippen molar-refractivity contribution in [3.05, 3.63) is 93.7 Å². The van der Waals surface area contributed by atoms with Crippen molar-refractivity contribution in [2.45, 2.75) is 26.2 Å². The van der Waals surface area contributed by atoms with Crippen LogP contribution in [0.3, 0.4) is 0 Å². The van der Waals surface area contributed by atoms with Gasteiger partial charge < -0.3 is 5.32 Å². The highest BCUT2D eigenvalue weighted by molar-refractivity contribution is 7.10. The molecule has 0 unspecified atom stereocenters. The molecule has 1 aromatic heterocycles. The Morgan fingerprint density at radius 3 is 2.03 bits per heavy atom. The number of anilines is 1. The van der Waals surface area contributed by atoms with Crippen molar-refractivity contribution in [3.8, 4) is 0 Å². The van der Waals surface area contributed by atoms with Gasteiger partial charge in [-0.05, 0) is 64.9 Å². The van der Waals surface area contributed by atoms with E-state index in [9.17, 15) is 14.4 Å². The molecule has 1 heterocycles. The van der Waals surface area contributed by atoms with Crippen LogP contribution in [0, 0.1) is 0 Å². The summed E-state index contributed by atoms with van der Waals surface area (Å²) in [6.07, 6.45) is 3.01. The molecule has 0 fully saturated rings.